The first-order valence-electron chi connectivity index (χ1n) is 12.0. The summed E-state index contributed by atoms with van der Waals surface area (Å²) in [4.78, 5) is 20.3. The molecule has 2 heterocycles. The summed E-state index contributed by atoms with van der Waals surface area (Å²) in [7, 11) is 0. The lowest BCUT2D eigenvalue weighted by Crippen LogP contribution is -2.43. The van der Waals surface area contributed by atoms with Crippen molar-refractivity contribution in [3.05, 3.63) is 66.0 Å². The molecule has 0 unspecified atom stereocenters. The van der Waals surface area contributed by atoms with Gasteiger partial charge in [-0.05, 0) is 49.3 Å². The maximum absolute atomic E-state index is 13.1. The van der Waals surface area contributed by atoms with Crippen molar-refractivity contribution in [3.63, 3.8) is 0 Å². The maximum atomic E-state index is 13.1. The molecule has 0 radical (unpaired) electrons. The van der Waals surface area contributed by atoms with Gasteiger partial charge in [0.15, 0.2) is 0 Å². The van der Waals surface area contributed by atoms with Gasteiger partial charge in [0.1, 0.15) is 5.82 Å². The van der Waals surface area contributed by atoms with E-state index in [1.54, 1.807) is 0 Å². The summed E-state index contributed by atoms with van der Waals surface area (Å²) in [6, 6.07) is 19.5. The Morgan fingerprint density at radius 3 is 2.48 bits per heavy atom. The topological polar surface area (TPSA) is 38.1 Å². The molecule has 0 bridgehead atoms. The SMILES string of the molecule is C[C@H]1CCC[C@@H](C(=O)N2CCC(n3c(Cc4ccccc4)nc4ccccc43)CC2)C1. The fourth-order valence-electron chi connectivity index (χ4n) is 5.67. The molecule has 4 heteroatoms. The fourth-order valence-corrected chi connectivity index (χ4v) is 5.67. The van der Waals surface area contributed by atoms with Crippen LogP contribution in [0.25, 0.3) is 11.0 Å². The van der Waals surface area contributed by atoms with E-state index in [-0.39, 0.29) is 5.92 Å². The van der Waals surface area contributed by atoms with Gasteiger partial charge in [0.25, 0.3) is 0 Å². The summed E-state index contributed by atoms with van der Waals surface area (Å²) >= 11 is 0. The van der Waals surface area contributed by atoms with E-state index in [0.29, 0.717) is 17.9 Å². The van der Waals surface area contributed by atoms with Gasteiger partial charge in [-0.15, -0.1) is 0 Å². The van der Waals surface area contributed by atoms with Crippen LogP contribution in [0.1, 0.15) is 62.9 Å². The zero-order chi connectivity index (χ0) is 21.2. The summed E-state index contributed by atoms with van der Waals surface area (Å²) < 4.78 is 2.47. The molecule has 4 nitrogen and oxygen atoms in total. The van der Waals surface area contributed by atoms with E-state index in [2.05, 4.69) is 71.0 Å². The molecule has 2 fully saturated rings. The summed E-state index contributed by atoms with van der Waals surface area (Å²) in [6.45, 7) is 4.03. The molecule has 5 rings (SSSR count). The Hall–Kier alpha value is -2.62. The zero-order valence-electron chi connectivity index (χ0n) is 18.5. The van der Waals surface area contributed by atoms with E-state index in [1.165, 1.54) is 23.9 Å². The molecule has 1 saturated heterocycles. The van der Waals surface area contributed by atoms with Gasteiger partial charge in [-0.3, -0.25) is 4.79 Å². The zero-order valence-corrected chi connectivity index (χ0v) is 18.5. The van der Waals surface area contributed by atoms with Crippen molar-refractivity contribution in [1.29, 1.82) is 0 Å². The Morgan fingerprint density at radius 1 is 0.968 bits per heavy atom. The lowest BCUT2D eigenvalue weighted by Gasteiger charge is -2.37. The van der Waals surface area contributed by atoms with Crippen LogP contribution < -0.4 is 0 Å². The molecular formula is C27H33N3O. The van der Waals surface area contributed by atoms with Crippen molar-refractivity contribution < 1.29 is 4.79 Å². The number of aromatic nitrogens is 2. The van der Waals surface area contributed by atoms with Crippen molar-refractivity contribution in [2.24, 2.45) is 11.8 Å². The molecule has 31 heavy (non-hydrogen) atoms. The van der Waals surface area contributed by atoms with E-state index in [4.69, 9.17) is 4.98 Å². The molecule has 1 aliphatic heterocycles. The quantitative estimate of drug-likeness (QED) is 0.555. The lowest BCUT2D eigenvalue weighted by atomic mass is 9.81. The molecule has 1 aromatic heterocycles. The van der Waals surface area contributed by atoms with Crippen LogP contribution in [0, 0.1) is 11.8 Å². The molecule has 2 atom stereocenters. The third kappa shape index (κ3) is 4.26. The van der Waals surface area contributed by atoms with Crippen LogP contribution in [-0.2, 0) is 11.2 Å². The van der Waals surface area contributed by atoms with Crippen molar-refractivity contribution >= 4 is 16.9 Å². The van der Waals surface area contributed by atoms with Crippen LogP contribution in [-0.4, -0.2) is 33.4 Å². The van der Waals surface area contributed by atoms with Crippen LogP contribution in [0.3, 0.4) is 0 Å². The second-order valence-electron chi connectivity index (χ2n) is 9.57. The number of hydrogen-bond donors (Lipinski definition) is 0. The number of amides is 1. The number of rotatable bonds is 4. The molecule has 2 aliphatic rings. The monoisotopic (exact) mass is 415 g/mol. The largest absolute Gasteiger partial charge is 0.342 e. The van der Waals surface area contributed by atoms with E-state index < -0.39 is 0 Å². The molecule has 1 saturated carbocycles. The van der Waals surface area contributed by atoms with E-state index in [0.717, 1.165) is 56.5 Å². The second-order valence-corrected chi connectivity index (χ2v) is 9.57. The molecule has 2 aromatic carbocycles. The third-order valence-electron chi connectivity index (χ3n) is 7.30. The Balaban J connectivity index is 1.34. The van der Waals surface area contributed by atoms with Crippen LogP contribution in [0.2, 0.25) is 0 Å². The highest BCUT2D eigenvalue weighted by Crippen LogP contribution is 2.33. The summed E-state index contributed by atoms with van der Waals surface area (Å²) in [5, 5.41) is 0. The van der Waals surface area contributed by atoms with Crippen molar-refractivity contribution in [2.75, 3.05) is 13.1 Å². The van der Waals surface area contributed by atoms with E-state index >= 15 is 0 Å². The molecular weight excluding hydrogens is 382 g/mol. The number of fused-ring (bicyclic) bond motifs is 1. The van der Waals surface area contributed by atoms with Crippen LogP contribution in [0.15, 0.2) is 54.6 Å². The molecule has 1 amide bonds. The van der Waals surface area contributed by atoms with Crippen molar-refractivity contribution in [2.45, 2.75) is 57.9 Å². The number of piperidine rings is 1. The van der Waals surface area contributed by atoms with Gasteiger partial charge in [0.2, 0.25) is 5.91 Å². The predicted molar refractivity (Wildman–Crippen MR) is 125 cm³/mol. The standard InChI is InChI=1S/C27H33N3O/c1-20-8-7-11-22(18-20)27(31)29-16-14-23(15-17-29)30-25-13-6-5-12-24(25)28-26(30)19-21-9-3-2-4-10-21/h2-6,9-10,12-13,20,22-23H,7-8,11,14-19H2,1H3/t20-,22+/m0/s1. The minimum Gasteiger partial charge on any atom is -0.342 e. The number of hydrogen-bond acceptors (Lipinski definition) is 2. The number of para-hydroxylation sites is 2. The van der Waals surface area contributed by atoms with Gasteiger partial charge in [-0.25, -0.2) is 4.98 Å². The summed E-state index contributed by atoms with van der Waals surface area (Å²) in [5.74, 6) is 2.49. The van der Waals surface area contributed by atoms with Gasteiger partial charge in [0.05, 0.1) is 11.0 Å². The summed E-state index contributed by atoms with van der Waals surface area (Å²) in [6.07, 6.45) is 7.51. The van der Waals surface area contributed by atoms with Gasteiger partial charge < -0.3 is 9.47 Å². The van der Waals surface area contributed by atoms with Crippen LogP contribution in [0.4, 0.5) is 0 Å². The average molecular weight is 416 g/mol. The second kappa shape index (κ2) is 8.86. The molecule has 162 valence electrons. The van der Waals surface area contributed by atoms with Crippen molar-refractivity contribution in [1.82, 2.24) is 14.5 Å². The highest BCUT2D eigenvalue weighted by molar-refractivity contribution is 5.79. The Kier molecular flexibility index (Phi) is 5.80. The maximum Gasteiger partial charge on any atom is 0.225 e. The first-order valence-corrected chi connectivity index (χ1v) is 12.0. The molecule has 1 aliphatic carbocycles. The van der Waals surface area contributed by atoms with E-state index in [1.807, 2.05) is 0 Å². The predicted octanol–water partition coefficient (Wildman–Crippen LogP) is 5.62. The molecule has 0 spiro atoms. The van der Waals surface area contributed by atoms with Gasteiger partial charge in [-0.1, -0.05) is 62.2 Å². The van der Waals surface area contributed by atoms with Gasteiger partial charge in [-0.2, -0.15) is 0 Å². The number of benzene rings is 2. The minimum absolute atomic E-state index is 0.253. The lowest BCUT2D eigenvalue weighted by molar-refractivity contribution is -0.138. The summed E-state index contributed by atoms with van der Waals surface area (Å²) in [5.41, 5.74) is 3.58. The number of likely N-dealkylation sites (tertiary alicyclic amines) is 1. The highest BCUT2D eigenvalue weighted by Gasteiger charge is 2.32. The Bertz CT molecular complexity index is 1030. The van der Waals surface area contributed by atoms with Crippen molar-refractivity contribution in [3.8, 4) is 0 Å². The highest BCUT2D eigenvalue weighted by atomic mass is 16.2. The minimum atomic E-state index is 0.253. The van der Waals surface area contributed by atoms with E-state index in [9.17, 15) is 4.79 Å². The Morgan fingerprint density at radius 2 is 1.71 bits per heavy atom. The Labute approximate surface area is 185 Å². The van der Waals surface area contributed by atoms with Crippen LogP contribution in [0.5, 0.6) is 0 Å². The van der Waals surface area contributed by atoms with Gasteiger partial charge >= 0.3 is 0 Å². The number of imidazole rings is 1. The number of carbonyl (C=O) groups is 1. The number of carbonyl (C=O) groups excluding carboxylic acids is 1. The average Bonchev–Trinajstić information content (AvgIpc) is 3.17. The molecule has 0 N–H and O–H groups in total. The number of nitrogens with zero attached hydrogens (tertiary/aromatic N) is 3. The smallest absolute Gasteiger partial charge is 0.225 e. The normalized spacial score (nSPS) is 22.7. The third-order valence-corrected chi connectivity index (χ3v) is 7.30. The fraction of sp³-hybridized carbons (Fsp3) is 0.481. The first-order chi connectivity index (χ1) is 15.2. The molecule has 3 aromatic rings. The first kappa shape index (κ1) is 20.3. The van der Waals surface area contributed by atoms with Crippen LogP contribution >= 0.6 is 0 Å². The van der Waals surface area contributed by atoms with Gasteiger partial charge in [0, 0.05) is 31.5 Å².